The maximum Gasteiger partial charge on any atom is 0.169 e. The second kappa shape index (κ2) is 6.89. The molecule has 0 unspecified atom stereocenters. The van der Waals surface area contributed by atoms with Crippen molar-refractivity contribution in [1.29, 1.82) is 0 Å². The highest BCUT2D eigenvalue weighted by Crippen LogP contribution is 2.53. The normalized spacial score (nSPS) is 17.8. The number of para-hydroxylation sites is 2. The molecule has 0 N–H and O–H groups in total. The van der Waals surface area contributed by atoms with E-state index in [1.807, 2.05) is 0 Å². The summed E-state index contributed by atoms with van der Waals surface area (Å²) in [6.07, 6.45) is 1.50. The minimum atomic E-state index is -0.410. The molecule has 44 heavy (non-hydrogen) atoms. The largest absolute Gasteiger partial charge is 0.308 e. The predicted octanol–water partition coefficient (Wildman–Crippen LogP) is 9.52. The molecule has 0 saturated heterocycles. The van der Waals surface area contributed by atoms with Crippen LogP contribution in [0.15, 0.2) is 72.8 Å². The molecular weight excluding hydrogens is 540 g/mol. The van der Waals surface area contributed by atoms with Gasteiger partial charge in [0.15, 0.2) is 11.6 Å². The van der Waals surface area contributed by atoms with Crippen LogP contribution in [0.5, 0.6) is 0 Å². The van der Waals surface area contributed by atoms with E-state index in [1.54, 1.807) is 0 Å². The Morgan fingerprint density at radius 2 is 0.886 bits per heavy atom. The van der Waals surface area contributed by atoms with Crippen molar-refractivity contribution in [3.63, 3.8) is 0 Å². The molecule has 0 spiro atoms. The molecule has 4 nitrogen and oxygen atoms in total. The zero-order chi connectivity index (χ0) is 29.6. The van der Waals surface area contributed by atoms with Gasteiger partial charge >= 0.3 is 0 Å². The highest BCUT2D eigenvalue weighted by Gasteiger charge is 2.40. The number of benzene rings is 5. The Kier molecular flexibility index (Phi) is 3.68. The number of Topliss-reactive ketones (excluding diaryl/α,β-unsaturated/α-hetero) is 2. The molecule has 0 radical (unpaired) electrons. The van der Waals surface area contributed by atoms with Crippen LogP contribution in [0.3, 0.4) is 0 Å². The summed E-state index contributed by atoms with van der Waals surface area (Å²) in [7, 11) is 0. The Hall–Kier alpha value is -4.96. The highest BCUT2D eigenvalue weighted by atomic mass is 16.1. The summed E-state index contributed by atoms with van der Waals surface area (Å²) in [5.74, 6) is 0.434. The number of hydrogen-bond donors (Lipinski definition) is 0. The fourth-order valence-electron chi connectivity index (χ4n) is 9.31. The van der Waals surface area contributed by atoms with Gasteiger partial charge < -0.3 is 8.80 Å². The SMILES string of the molecule is CC1(C)Cc2cc3c4c5c6ccccc6n6c7ccccc7c(c7c8cc9c(cc8n(c3cc2C1=O)c47)C(=O)C(C)(C)C9)c56. The minimum Gasteiger partial charge on any atom is -0.308 e. The van der Waals surface area contributed by atoms with Gasteiger partial charge in [0.25, 0.3) is 0 Å². The summed E-state index contributed by atoms with van der Waals surface area (Å²) in [4.78, 5) is 27.3. The topological polar surface area (TPSA) is 43.0 Å². The van der Waals surface area contributed by atoms with Crippen LogP contribution in [0.4, 0.5) is 0 Å². The molecule has 0 saturated carbocycles. The Labute approximate surface area is 252 Å². The van der Waals surface area contributed by atoms with Gasteiger partial charge in [0, 0.05) is 65.0 Å². The van der Waals surface area contributed by atoms with Gasteiger partial charge in [-0.05, 0) is 60.4 Å². The lowest BCUT2D eigenvalue weighted by Gasteiger charge is -2.13. The Balaban J connectivity index is 1.50. The van der Waals surface area contributed by atoms with Crippen LogP contribution in [0.2, 0.25) is 0 Å². The molecule has 2 aliphatic carbocycles. The lowest BCUT2D eigenvalue weighted by atomic mass is 9.89. The second-order valence-corrected chi connectivity index (χ2v) is 14.7. The van der Waals surface area contributed by atoms with Crippen molar-refractivity contribution >= 4 is 87.8 Å². The first kappa shape index (κ1) is 23.5. The van der Waals surface area contributed by atoms with Crippen LogP contribution in [0.25, 0.3) is 76.2 Å². The smallest absolute Gasteiger partial charge is 0.169 e. The Bertz CT molecular complexity index is 2670. The molecule has 4 heteroatoms. The average Bonchev–Trinajstić information content (AvgIpc) is 3.78. The lowest BCUT2D eigenvalue weighted by molar-refractivity contribution is 0.0857. The van der Waals surface area contributed by atoms with E-state index < -0.39 is 10.8 Å². The summed E-state index contributed by atoms with van der Waals surface area (Å²) in [5, 5.41) is 9.92. The molecule has 0 aliphatic heterocycles. The van der Waals surface area contributed by atoms with Gasteiger partial charge in [-0.25, -0.2) is 0 Å². The van der Waals surface area contributed by atoms with Gasteiger partial charge in [-0.1, -0.05) is 64.1 Å². The van der Waals surface area contributed by atoms with Crippen molar-refractivity contribution < 1.29 is 9.59 Å². The van der Waals surface area contributed by atoms with Crippen molar-refractivity contribution in [3.05, 3.63) is 95.1 Å². The molecular formula is C40H28N2O2. The number of hydrogen-bond acceptors (Lipinski definition) is 2. The number of fused-ring (bicyclic) bond motifs is 16. The van der Waals surface area contributed by atoms with Gasteiger partial charge in [0.05, 0.1) is 33.1 Å². The monoisotopic (exact) mass is 568 g/mol. The summed E-state index contributed by atoms with van der Waals surface area (Å²) in [5.41, 5.74) is 10.1. The van der Waals surface area contributed by atoms with E-state index in [1.165, 1.54) is 65.2 Å². The summed E-state index contributed by atoms with van der Waals surface area (Å²) in [6.45, 7) is 8.25. The van der Waals surface area contributed by atoms with E-state index in [2.05, 4.69) is 109 Å². The second-order valence-electron chi connectivity index (χ2n) is 14.7. The van der Waals surface area contributed by atoms with Gasteiger partial charge in [0.1, 0.15) is 0 Å². The molecule has 2 aliphatic rings. The molecule has 4 aromatic heterocycles. The number of nitrogens with zero attached hydrogens (tertiary/aromatic N) is 2. The van der Waals surface area contributed by atoms with Crippen LogP contribution in [-0.2, 0) is 12.8 Å². The average molecular weight is 569 g/mol. The van der Waals surface area contributed by atoms with E-state index in [0.717, 1.165) is 46.1 Å². The first-order valence-corrected chi connectivity index (χ1v) is 15.6. The number of rotatable bonds is 0. The van der Waals surface area contributed by atoms with Crippen LogP contribution in [0, 0.1) is 10.8 Å². The van der Waals surface area contributed by atoms with E-state index in [0.29, 0.717) is 0 Å². The Morgan fingerprint density at radius 3 is 1.34 bits per heavy atom. The Morgan fingerprint density at radius 1 is 0.500 bits per heavy atom. The summed E-state index contributed by atoms with van der Waals surface area (Å²) < 4.78 is 4.85. The number of aromatic nitrogens is 2. The molecule has 0 bridgehead atoms. The lowest BCUT2D eigenvalue weighted by Crippen LogP contribution is -2.18. The van der Waals surface area contributed by atoms with Crippen molar-refractivity contribution in [2.24, 2.45) is 10.8 Å². The molecule has 0 fully saturated rings. The fraction of sp³-hybridized carbons (Fsp3) is 0.200. The molecule has 210 valence electrons. The highest BCUT2D eigenvalue weighted by molar-refractivity contribution is 6.45. The molecule has 4 heterocycles. The van der Waals surface area contributed by atoms with Crippen LogP contribution >= 0.6 is 0 Å². The molecule has 0 amide bonds. The summed E-state index contributed by atoms with van der Waals surface area (Å²) in [6, 6.07) is 26.5. The van der Waals surface area contributed by atoms with Gasteiger partial charge in [-0.15, -0.1) is 0 Å². The van der Waals surface area contributed by atoms with E-state index in [9.17, 15) is 9.59 Å². The molecule has 0 atom stereocenters. The van der Waals surface area contributed by atoms with Crippen molar-refractivity contribution in [2.75, 3.05) is 0 Å². The van der Waals surface area contributed by atoms with Gasteiger partial charge in [-0.3, -0.25) is 9.59 Å². The third-order valence-corrected chi connectivity index (χ3v) is 11.2. The number of carbonyl (C=O) groups excluding carboxylic acids is 2. The quantitative estimate of drug-likeness (QED) is 0.183. The van der Waals surface area contributed by atoms with Gasteiger partial charge in [-0.2, -0.15) is 0 Å². The predicted molar refractivity (Wildman–Crippen MR) is 179 cm³/mol. The maximum atomic E-state index is 13.6. The first-order chi connectivity index (χ1) is 21.2. The third kappa shape index (κ3) is 2.35. The van der Waals surface area contributed by atoms with E-state index in [-0.39, 0.29) is 11.6 Å². The molecule has 9 aromatic rings. The number of ketones is 2. The van der Waals surface area contributed by atoms with Crippen LogP contribution < -0.4 is 0 Å². The van der Waals surface area contributed by atoms with Crippen LogP contribution in [0.1, 0.15) is 59.5 Å². The zero-order valence-electron chi connectivity index (χ0n) is 25.1. The minimum absolute atomic E-state index is 0.217. The maximum absolute atomic E-state index is 13.6. The summed E-state index contributed by atoms with van der Waals surface area (Å²) >= 11 is 0. The van der Waals surface area contributed by atoms with Crippen molar-refractivity contribution in [3.8, 4) is 0 Å². The number of carbonyl (C=O) groups is 2. The van der Waals surface area contributed by atoms with Gasteiger partial charge in [0.2, 0.25) is 0 Å². The van der Waals surface area contributed by atoms with Crippen molar-refractivity contribution in [1.82, 2.24) is 8.80 Å². The van der Waals surface area contributed by atoms with Crippen LogP contribution in [-0.4, -0.2) is 20.4 Å². The first-order valence-electron chi connectivity index (χ1n) is 15.6. The standard InChI is InChI=1S/C40H28N2O2/c1-39(2)17-19-13-25-29(15-23(19)37(39)43)42-30-16-24-20(18-40(3,4)38(24)44)14-26(30)34-32-22-10-6-8-12-28(22)41-27-11-7-5-9-21(27)31(35(32)41)33(25)36(34)42/h5-16H,17-18H2,1-4H3. The zero-order valence-corrected chi connectivity index (χ0v) is 25.1. The fourth-order valence-corrected chi connectivity index (χ4v) is 9.31. The molecule has 11 rings (SSSR count). The van der Waals surface area contributed by atoms with Crippen molar-refractivity contribution in [2.45, 2.75) is 40.5 Å². The molecule has 5 aromatic carbocycles. The van der Waals surface area contributed by atoms with E-state index >= 15 is 0 Å². The third-order valence-electron chi connectivity index (χ3n) is 11.2. The van der Waals surface area contributed by atoms with E-state index in [4.69, 9.17) is 0 Å².